The first-order chi connectivity index (χ1) is 13.3. The van der Waals surface area contributed by atoms with Crippen molar-refractivity contribution in [3.05, 3.63) is 47.4 Å². The number of sulfonamides is 1. The number of aromatic nitrogens is 3. The second kappa shape index (κ2) is 6.75. The minimum absolute atomic E-state index is 0.109. The van der Waals surface area contributed by atoms with Gasteiger partial charge >= 0.3 is 0 Å². The predicted molar refractivity (Wildman–Crippen MR) is 106 cm³/mol. The Morgan fingerprint density at radius 3 is 2.39 bits per heavy atom. The fourth-order valence-corrected chi connectivity index (χ4v) is 5.57. The van der Waals surface area contributed by atoms with Gasteiger partial charge in [-0.3, -0.25) is 9.48 Å². The topological polar surface area (TPSA) is 91.3 Å². The number of carbonyl (C=O) groups excluding carboxylic acids is 1. The zero-order valence-electron chi connectivity index (χ0n) is 16.1. The molecule has 0 unspecified atom stereocenters. The Labute approximate surface area is 163 Å². The van der Waals surface area contributed by atoms with E-state index in [0.29, 0.717) is 30.2 Å². The van der Waals surface area contributed by atoms with Crippen LogP contribution in [0.15, 0.2) is 35.2 Å². The second-order valence-electron chi connectivity index (χ2n) is 7.09. The van der Waals surface area contributed by atoms with Crippen LogP contribution in [0.25, 0.3) is 10.9 Å². The summed E-state index contributed by atoms with van der Waals surface area (Å²) >= 11 is 0. The first-order valence-electron chi connectivity index (χ1n) is 9.16. The summed E-state index contributed by atoms with van der Waals surface area (Å²) in [6.45, 7) is 4.69. The van der Waals surface area contributed by atoms with E-state index >= 15 is 0 Å². The molecule has 1 aromatic carbocycles. The van der Waals surface area contributed by atoms with E-state index in [1.54, 1.807) is 30.5 Å². The SMILES string of the molecule is Cc1nn(C)c(C)c1S(=O)(=O)N1CCN(C(=O)c2cc3ccccc3[nH]2)CC1. The summed E-state index contributed by atoms with van der Waals surface area (Å²) in [5.41, 5.74) is 2.55. The summed E-state index contributed by atoms with van der Waals surface area (Å²) in [6.07, 6.45) is 0. The van der Waals surface area contributed by atoms with Gasteiger partial charge in [0.2, 0.25) is 10.0 Å². The maximum Gasteiger partial charge on any atom is 0.270 e. The fourth-order valence-electron chi connectivity index (χ4n) is 3.75. The summed E-state index contributed by atoms with van der Waals surface area (Å²) in [6, 6.07) is 9.56. The van der Waals surface area contributed by atoms with Crippen molar-refractivity contribution in [1.29, 1.82) is 0 Å². The summed E-state index contributed by atoms with van der Waals surface area (Å²) in [5.74, 6) is -0.109. The molecule has 28 heavy (non-hydrogen) atoms. The zero-order chi connectivity index (χ0) is 20.1. The zero-order valence-corrected chi connectivity index (χ0v) is 17.0. The number of para-hydroxylation sites is 1. The number of fused-ring (bicyclic) bond motifs is 1. The van der Waals surface area contributed by atoms with Gasteiger partial charge in [-0.2, -0.15) is 9.40 Å². The van der Waals surface area contributed by atoms with Crippen LogP contribution >= 0.6 is 0 Å². The van der Waals surface area contributed by atoms with E-state index in [4.69, 9.17) is 0 Å². The van der Waals surface area contributed by atoms with Crippen molar-refractivity contribution < 1.29 is 13.2 Å². The molecule has 8 nitrogen and oxygen atoms in total. The van der Waals surface area contributed by atoms with Crippen molar-refractivity contribution in [2.45, 2.75) is 18.7 Å². The third kappa shape index (κ3) is 3.00. The number of carbonyl (C=O) groups is 1. The Morgan fingerprint density at radius 1 is 1.11 bits per heavy atom. The molecule has 0 saturated carbocycles. The fraction of sp³-hybridized carbons (Fsp3) is 0.368. The molecule has 3 heterocycles. The summed E-state index contributed by atoms with van der Waals surface area (Å²) in [4.78, 5) is 17.9. The van der Waals surface area contributed by atoms with Gasteiger partial charge in [0, 0.05) is 44.1 Å². The smallest absolute Gasteiger partial charge is 0.270 e. The van der Waals surface area contributed by atoms with E-state index in [1.807, 2.05) is 30.3 Å². The van der Waals surface area contributed by atoms with Gasteiger partial charge in [-0.1, -0.05) is 18.2 Å². The van der Waals surface area contributed by atoms with E-state index in [1.165, 1.54) is 4.31 Å². The number of rotatable bonds is 3. The molecule has 1 aliphatic heterocycles. The molecule has 148 valence electrons. The lowest BCUT2D eigenvalue weighted by atomic mass is 10.2. The van der Waals surface area contributed by atoms with Gasteiger partial charge in [-0.25, -0.2) is 8.42 Å². The van der Waals surface area contributed by atoms with E-state index in [-0.39, 0.29) is 23.9 Å². The molecule has 1 N–H and O–H groups in total. The number of nitrogens with one attached hydrogen (secondary N) is 1. The van der Waals surface area contributed by atoms with Crippen molar-refractivity contribution >= 4 is 26.8 Å². The predicted octanol–water partition coefficient (Wildman–Crippen LogP) is 1.66. The van der Waals surface area contributed by atoms with Crippen LogP contribution in [0.4, 0.5) is 0 Å². The number of H-pyrrole nitrogens is 1. The highest BCUT2D eigenvalue weighted by atomic mass is 32.2. The number of benzene rings is 1. The Hall–Kier alpha value is -2.65. The molecule has 1 aliphatic rings. The highest BCUT2D eigenvalue weighted by Gasteiger charge is 2.34. The lowest BCUT2D eigenvalue weighted by Crippen LogP contribution is -2.50. The standard InChI is InChI=1S/C19H23N5O3S/c1-13-18(14(2)22(3)21-13)28(26,27)24-10-8-23(9-11-24)19(25)17-12-15-6-4-5-7-16(15)20-17/h4-7,12,20H,8-11H2,1-3H3. The normalized spacial score (nSPS) is 16.0. The van der Waals surface area contributed by atoms with E-state index in [0.717, 1.165) is 10.9 Å². The van der Waals surface area contributed by atoms with Gasteiger partial charge in [0.1, 0.15) is 10.6 Å². The molecule has 9 heteroatoms. The first kappa shape index (κ1) is 18.7. The van der Waals surface area contributed by atoms with E-state index < -0.39 is 10.0 Å². The molecule has 1 amide bonds. The Kier molecular flexibility index (Phi) is 4.51. The number of hydrogen-bond acceptors (Lipinski definition) is 4. The lowest BCUT2D eigenvalue weighted by molar-refractivity contribution is 0.0693. The van der Waals surface area contributed by atoms with Gasteiger partial charge in [-0.15, -0.1) is 0 Å². The summed E-state index contributed by atoms with van der Waals surface area (Å²) in [5, 5.41) is 5.20. The van der Waals surface area contributed by atoms with Crippen LogP contribution in [-0.4, -0.2) is 64.5 Å². The molecule has 0 bridgehead atoms. The minimum Gasteiger partial charge on any atom is -0.351 e. The number of amides is 1. The van der Waals surface area contributed by atoms with Crippen LogP contribution < -0.4 is 0 Å². The molecular formula is C19H23N5O3S. The van der Waals surface area contributed by atoms with Crippen LogP contribution in [0.2, 0.25) is 0 Å². The van der Waals surface area contributed by atoms with Gasteiger partial charge in [0.05, 0.1) is 11.4 Å². The molecule has 0 atom stereocenters. The lowest BCUT2D eigenvalue weighted by Gasteiger charge is -2.33. The Morgan fingerprint density at radius 2 is 1.79 bits per heavy atom. The number of hydrogen-bond donors (Lipinski definition) is 1. The highest BCUT2D eigenvalue weighted by molar-refractivity contribution is 7.89. The van der Waals surface area contributed by atoms with Crippen molar-refractivity contribution in [3.8, 4) is 0 Å². The van der Waals surface area contributed by atoms with Crippen molar-refractivity contribution in [2.24, 2.45) is 7.05 Å². The number of nitrogens with zero attached hydrogens (tertiary/aromatic N) is 4. The molecule has 4 rings (SSSR count). The van der Waals surface area contributed by atoms with Crippen LogP contribution in [0, 0.1) is 13.8 Å². The largest absolute Gasteiger partial charge is 0.351 e. The van der Waals surface area contributed by atoms with Crippen molar-refractivity contribution in [2.75, 3.05) is 26.2 Å². The number of aromatic amines is 1. The third-order valence-electron chi connectivity index (χ3n) is 5.33. The molecule has 0 spiro atoms. The van der Waals surface area contributed by atoms with Crippen LogP contribution in [0.3, 0.4) is 0 Å². The van der Waals surface area contributed by atoms with Crippen LogP contribution in [0.5, 0.6) is 0 Å². The minimum atomic E-state index is -3.63. The monoisotopic (exact) mass is 401 g/mol. The number of piperazine rings is 1. The molecule has 2 aromatic heterocycles. The van der Waals surface area contributed by atoms with E-state index in [9.17, 15) is 13.2 Å². The Balaban J connectivity index is 1.50. The van der Waals surface area contributed by atoms with Gasteiger partial charge in [0.25, 0.3) is 5.91 Å². The van der Waals surface area contributed by atoms with Gasteiger partial charge in [0.15, 0.2) is 0 Å². The van der Waals surface area contributed by atoms with Gasteiger partial charge in [-0.05, 0) is 26.0 Å². The second-order valence-corrected chi connectivity index (χ2v) is 8.96. The van der Waals surface area contributed by atoms with Crippen LogP contribution in [0.1, 0.15) is 21.9 Å². The maximum absolute atomic E-state index is 13.1. The average Bonchev–Trinajstić information content (AvgIpc) is 3.22. The van der Waals surface area contributed by atoms with E-state index in [2.05, 4.69) is 10.1 Å². The molecule has 1 fully saturated rings. The highest BCUT2D eigenvalue weighted by Crippen LogP contribution is 2.24. The van der Waals surface area contributed by atoms with Crippen molar-refractivity contribution in [1.82, 2.24) is 24.0 Å². The maximum atomic E-state index is 13.1. The average molecular weight is 401 g/mol. The third-order valence-corrected chi connectivity index (χ3v) is 7.48. The molecule has 1 saturated heterocycles. The van der Waals surface area contributed by atoms with Crippen LogP contribution in [-0.2, 0) is 17.1 Å². The number of aryl methyl sites for hydroxylation is 2. The molecule has 0 radical (unpaired) electrons. The Bertz CT molecular complexity index is 1120. The quantitative estimate of drug-likeness (QED) is 0.723. The summed E-state index contributed by atoms with van der Waals surface area (Å²) < 4.78 is 29.2. The molecule has 3 aromatic rings. The molecule has 0 aliphatic carbocycles. The van der Waals surface area contributed by atoms with Gasteiger partial charge < -0.3 is 9.88 Å². The van der Waals surface area contributed by atoms with Crippen molar-refractivity contribution in [3.63, 3.8) is 0 Å². The first-order valence-corrected chi connectivity index (χ1v) is 10.6. The summed E-state index contributed by atoms with van der Waals surface area (Å²) in [7, 11) is -1.90. The molecular weight excluding hydrogens is 378 g/mol.